The van der Waals surface area contributed by atoms with Crippen molar-refractivity contribution in [2.24, 2.45) is 5.92 Å². The zero-order chi connectivity index (χ0) is 24.0. The number of alkyl halides is 3. The number of carbonyl (C=O) groups excluding carboxylic acids is 1. The number of hydrogen-bond donors (Lipinski definition) is 3. The predicted molar refractivity (Wildman–Crippen MR) is 115 cm³/mol. The number of nitrogens with one attached hydrogen (secondary N) is 2. The molecule has 1 amide bonds. The van der Waals surface area contributed by atoms with E-state index >= 15 is 0 Å². The summed E-state index contributed by atoms with van der Waals surface area (Å²) in [5, 5.41) is 9.95. The molecule has 10 heteroatoms. The first kappa shape index (κ1) is 23.7. The van der Waals surface area contributed by atoms with E-state index in [2.05, 4.69) is 27.4 Å². The molecule has 172 valence electrons. The minimum Gasteiger partial charge on any atom is -0.475 e. The van der Waals surface area contributed by atoms with Crippen LogP contribution in [0.4, 0.5) is 18.9 Å². The molecular weight excluding hydrogens is 439 g/mol. The van der Waals surface area contributed by atoms with Crippen LogP contribution in [0.25, 0.3) is 11.1 Å². The van der Waals surface area contributed by atoms with Gasteiger partial charge in [-0.3, -0.25) is 14.6 Å². The number of aromatic amines is 1. The highest BCUT2D eigenvalue weighted by atomic mass is 19.4. The molecule has 33 heavy (non-hydrogen) atoms. The van der Waals surface area contributed by atoms with E-state index in [0.29, 0.717) is 6.42 Å². The third-order valence-electron chi connectivity index (χ3n) is 5.13. The van der Waals surface area contributed by atoms with Crippen molar-refractivity contribution in [3.05, 3.63) is 82.5 Å². The number of benzene rings is 1. The molecule has 3 aromatic rings. The van der Waals surface area contributed by atoms with Crippen LogP contribution in [0.3, 0.4) is 0 Å². The molecule has 0 spiro atoms. The number of aromatic nitrogens is 2. The van der Waals surface area contributed by atoms with Gasteiger partial charge in [-0.15, -0.1) is 0 Å². The number of aliphatic carboxylic acids is 1. The maximum absolute atomic E-state index is 12.7. The van der Waals surface area contributed by atoms with Crippen molar-refractivity contribution in [3.63, 3.8) is 0 Å². The standard InChI is InChI=1S/C21H19N3O2.C2HF3O2/c25-20(17-6-5-14-3-1-2-4-16(14)11-17)24-19-12-18(13-23-21(19)26)15-7-9-22-10-8-15;3-2(4,5)1(6)7/h1-4,7-10,12-13,17H,5-6,11H2,(H,23,26)(H,24,25);(H,6,7). The third kappa shape index (κ3) is 6.28. The molecule has 3 N–H and O–H groups in total. The second kappa shape index (κ2) is 10.1. The first-order valence-electron chi connectivity index (χ1n) is 9.96. The van der Waals surface area contributed by atoms with Crippen LogP contribution in [0, 0.1) is 5.92 Å². The number of H-pyrrole nitrogens is 1. The minimum atomic E-state index is -5.08. The molecule has 0 aliphatic heterocycles. The Bertz CT molecular complexity index is 1190. The van der Waals surface area contributed by atoms with Crippen molar-refractivity contribution < 1.29 is 27.9 Å². The van der Waals surface area contributed by atoms with Crippen LogP contribution >= 0.6 is 0 Å². The van der Waals surface area contributed by atoms with Gasteiger partial charge in [0.25, 0.3) is 5.56 Å². The summed E-state index contributed by atoms with van der Waals surface area (Å²) in [6, 6.07) is 13.7. The fraction of sp³-hybridized carbons (Fsp3) is 0.217. The highest BCUT2D eigenvalue weighted by Gasteiger charge is 2.38. The maximum Gasteiger partial charge on any atom is 0.490 e. The zero-order valence-corrected chi connectivity index (χ0v) is 17.2. The second-order valence-corrected chi connectivity index (χ2v) is 7.37. The normalized spacial score (nSPS) is 14.9. The Morgan fingerprint density at radius 2 is 1.70 bits per heavy atom. The van der Waals surface area contributed by atoms with Gasteiger partial charge < -0.3 is 15.4 Å². The van der Waals surface area contributed by atoms with Crippen molar-refractivity contribution in [2.75, 3.05) is 5.32 Å². The first-order valence-corrected chi connectivity index (χ1v) is 9.96. The van der Waals surface area contributed by atoms with Gasteiger partial charge >= 0.3 is 12.1 Å². The Morgan fingerprint density at radius 1 is 1.06 bits per heavy atom. The lowest BCUT2D eigenvalue weighted by Crippen LogP contribution is -2.30. The van der Waals surface area contributed by atoms with Crippen molar-refractivity contribution in [3.8, 4) is 11.1 Å². The molecule has 0 saturated heterocycles. The van der Waals surface area contributed by atoms with Crippen LogP contribution in [-0.4, -0.2) is 33.1 Å². The number of carbonyl (C=O) groups is 2. The average Bonchev–Trinajstić information content (AvgIpc) is 2.80. The lowest BCUT2D eigenvalue weighted by molar-refractivity contribution is -0.192. The number of amides is 1. The van der Waals surface area contributed by atoms with E-state index in [-0.39, 0.29) is 23.1 Å². The van der Waals surface area contributed by atoms with Crippen molar-refractivity contribution in [1.82, 2.24) is 9.97 Å². The van der Waals surface area contributed by atoms with Crippen LogP contribution in [0.5, 0.6) is 0 Å². The number of hydrogen-bond acceptors (Lipinski definition) is 4. The summed E-state index contributed by atoms with van der Waals surface area (Å²) >= 11 is 0. The summed E-state index contributed by atoms with van der Waals surface area (Å²) in [5.41, 5.74) is 4.28. The summed E-state index contributed by atoms with van der Waals surface area (Å²) in [5.74, 6) is -2.97. The number of pyridine rings is 2. The zero-order valence-electron chi connectivity index (χ0n) is 17.2. The van der Waals surface area contributed by atoms with Gasteiger partial charge in [-0.05, 0) is 54.2 Å². The molecule has 0 bridgehead atoms. The van der Waals surface area contributed by atoms with Crippen LogP contribution < -0.4 is 10.9 Å². The second-order valence-electron chi connectivity index (χ2n) is 7.37. The number of fused-ring (bicyclic) bond motifs is 1. The molecule has 2 heterocycles. The number of nitrogens with zero attached hydrogens (tertiary/aromatic N) is 1. The molecule has 4 rings (SSSR count). The average molecular weight is 459 g/mol. The molecule has 1 aromatic carbocycles. The lowest BCUT2D eigenvalue weighted by atomic mass is 9.83. The molecule has 7 nitrogen and oxygen atoms in total. The van der Waals surface area contributed by atoms with Gasteiger partial charge in [0.15, 0.2) is 0 Å². The van der Waals surface area contributed by atoms with Gasteiger partial charge in [0.2, 0.25) is 5.91 Å². The SMILES string of the molecule is O=C(Nc1cc(-c2ccncc2)c[nH]c1=O)C1CCc2ccccc2C1.O=C(O)C(F)(F)F. The predicted octanol–water partition coefficient (Wildman–Crippen LogP) is 3.81. The van der Waals surface area contributed by atoms with Crippen LogP contribution in [0.15, 0.2) is 65.8 Å². The molecular formula is C23H20F3N3O4. The molecule has 2 aromatic heterocycles. The Labute approximate surface area is 186 Å². The molecule has 1 unspecified atom stereocenters. The molecule has 1 aliphatic carbocycles. The van der Waals surface area contributed by atoms with Gasteiger partial charge in [0.05, 0.1) is 0 Å². The maximum atomic E-state index is 12.7. The molecule has 1 atom stereocenters. The van der Waals surface area contributed by atoms with Crippen LogP contribution in [0.2, 0.25) is 0 Å². The van der Waals surface area contributed by atoms with Crippen molar-refractivity contribution in [2.45, 2.75) is 25.4 Å². The number of anilines is 1. The topological polar surface area (TPSA) is 112 Å². The summed E-state index contributed by atoms with van der Waals surface area (Å²) in [4.78, 5) is 40.4. The minimum absolute atomic E-state index is 0.100. The number of aryl methyl sites for hydroxylation is 1. The quantitative estimate of drug-likeness (QED) is 0.551. The first-order chi connectivity index (χ1) is 15.6. The Balaban J connectivity index is 0.000000383. The van der Waals surface area contributed by atoms with E-state index < -0.39 is 12.1 Å². The van der Waals surface area contributed by atoms with Gasteiger partial charge in [-0.2, -0.15) is 13.2 Å². The monoisotopic (exact) mass is 459 g/mol. The van der Waals surface area contributed by atoms with E-state index in [4.69, 9.17) is 9.90 Å². The molecule has 0 fully saturated rings. The fourth-order valence-corrected chi connectivity index (χ4v) is 3.44. The smallest absolute Gasteiger partial charge is 0.475 e. The molecule has 0 saturated carbocycles. The number of rotatable bonds is 3. The van der Waals surface area contributed by atoms with E-state index in [1.165, 1.54) is 11.1 Å². The highest BCUT2D eigenvalue weighted by molar-refractivity contribution is 5.93. The highest BCUT2D eigenvalue weighted by Crippen LogP contribution is 2.26. The number of halogens is 3. The van der Waals surface area contributed by atoms with E-state index in [9.17, 15) is 22.8 Å². The number of carboxylic acids is 1. The van der Waals surface area contributed by atoms with E-state index in [1.807, 2.05) is 24.3 Å². The van der Waals surface area contributed by atoms with Crippen LogP contribution in [0.1, 0.15) is 17.5 Å². The Kier molecular flexibility index (Phi) is 7.27. The van der Waals surface area contributed by atoms with Gasteiger partial charge in [0.1, 0.15) is 5.69 Å². The van der Waals surface area contributed by atoms with Crippen LogP contribution in [-0.2, 0) is 22.4 Å². The molecule has 0 radical (unpaired) electrons. The lowest BCUT2D eigenvalue weighted by Gasteiger charge is -2.23. The largest absolute Gasteiger partial charge is 0.490 e. The summed E-state index contributed by atoms with van der Waals surface area (Å²) in [6.45, 7) is 0. The Hall–Kier alpha value is -3.95. The summed E-state index contributed by atoms with van der Waals surface area (Å²) in [6.07, 6.45) is 2.34. The third-order valence-corrected chi connectivity index (χ3v) is 5.13. The summed E-state index contributed by atoms with van der Waals surface area (Å²) in [7, 11) is 0. The van der Waals surface area contributed by atoms with Gasteiger partial charge in [0, 0.05) is 30.1 Å². The number of carboxylic acid groups (broad SMARTS) is 1. The van der Waals surface area contributed by atoms with E-state index in [1.54, 1.807) is 24.7 Å². The van der Waals surface area contributed by atoms with Gasteiger partial charge in [-0.1, -0.05) is 24.3 Å². The fourth-order valence-electron chi connectivity index (χ4n) is 3.44. The van der Waals surface area contributed by atoms with Crippen molar-refractivity contribution >= 4 is 17.6 Å². The van der Waals surface area contributed by atoms with Gasteiger partial charge in [-0.25, -0.2) is 4.79 Å². The summed E-state index contributed by atoms with van der Waals surface area (Å²) < 4.78 is 31.7. The molecule has 1 aliphatic rings. The van der Waals surface area contributed by atoms with E-state index in [0.717, 1.165) is 24.0 Å². The Morgan fingerprint density at radius 3 is 2.33 bits per heavy atom. The van der Waals surface area contributed by atoms with Crippen molar-refractivity contribution in [1.29, 1.82) is 0 Å².